The van der Waals surface area contributed by atoms with E-state index in [1.807, 2.05) is 37.3 Å². The standard InChI is InChI=1S/C18H15ClO3/c1-2-10-21-15-9-8-13-17(20)14(11-22-18(13)16(15)19)12-6-4-3-5-7-12/h3-9,11H,2,10H2,1H3. The molecule has 0 unspecified atom stereocenters. The molecule has 0 aliphatic heterocycles. The molecule has 0 N–H and O–H groups in total. The van der Waals surface area contributed by atoms with Gasteiger partial charge in [-0.3, -0.25) is 4.79 Å². The van der Waals surface area contributed by atoms with E-state index in [9.17, 15) is 4.79 Å². The minimum atomic E-state index is -0.101. The van der Waals surface area contributed by atoms with Crippen LogP contribution in [0.2, 0.25) is 5.02 Å². The van der Waals surface area contributed by atoms with Crippen molar-refractivity contribution in [3.8, 4) is 16.9 Å². The lowest BCUT2D eigenvalue weighted by atomic mass is 10.1. The third-order valence-corrected chi connectivity index (χ3v) is 3.75. The first-order valence-electron chi connectivity index (χ1n) is 7.14. The summed E-state index contributed by atoms with van der Waals surface area (Å²) >= 11 is 6.29. The Morgan fingerprint density at radius 1 is 1.14 bits per heavy atom. The summed E-state index contributed by atoms with van der Waals surface area (Å²) in [5.74, 6) is 0.534. The second kappa shape index (κ2) is 6.24. The van der Waals surface area contributed by atoms with Crippen LogP contribution in [0, 0.1) is 0 Å². The minimum Gasteiger partial charge on any atom is -0.492 e. The van der Waals surface area contributed by atoms with Crippen molar-refractivity contribution < 1.29 is 9.15 Å². The van der Waals surface area contributed by atoms with Crippen molar-refractivity contribution in [2.45, 2.75) is 13.3 Å². The average Bonchev–Trinajstić information content (AvgIpc) is 2.56. The van der Waals surface area contributed by atoms with Crippen molar-refractivity contribution in [1.29, 1.82) is 0 Å². The van der Waals surface area contributed by atoms with Gasteiger partial charge in [0.15, 0.2) is 5.58 Å². The van der Waals surface area contributed by atoms with Crippen molar-refractivity contribution in [2.24, 2.45) is 0 Å². The van der Waals surface area contributed by atoms with Crippen LogP contribution in [0.5, 0.6) is 5.75 Å². The fourth-order valence-electron chi connectivity index (χ4n) is 2.29. The largest absolute Gasteiger partial charge is 0.492 e. The van der Waals surface area contributed by atoms with Gasteiger partial charge in [0.1, 0.15) is 17.0 Å². The highest BCUT2D eigenvalue weighted by Gasteiger charge is 2.14. The van der Waals surface area contributed by atoms with Crippen LogP contribution >= 0.6 is 11.6 Å². The number of fused-ring (bicyclic) bond motifs is 1. The van der Waals surface area contributed by atoms with Crippen LogP contribution in [0.25, 0.3) is 22.1 Å². The van der Waals surface area contributed by atoms with Gasteiger partial charge < -0.3 is 9.15 Å². The zero-order chi connectivity index (χ0) is 15.5. The highest BCUT2D eigenvalue weighted by Crippen LogP contribution is 2.32. The summed E-state index contributed by atoms with van der Waals surface area (Å²) < 4.78 is 11.2. The molecule has 0 aliphatic rings. The summed E-state index contributed by atoms with van der Waals surface area (Å²) in [5, 5.41) is 0.790. The predicted octanol–water partition coefficient (Wildman–Crippen LogP) is 4.90. The van der Waals surface area contributed by atoms with Crippen LogP contribution < -0.4 is 10.2 Å². The highest BCUT2D eigenvalue weighted by molar-refractivity contribution is 6.36. The Bertz CT molecular complexity index is 853. The molecule has 22 heavy (non-hydrogen) atoms. The van der Waals surface area contributed by atoms with Crippen LogP contribution in [-0.2, 0) is 0 Å². The minimum absolute atomic E-state index is 0.101. The third-order valence-electron chi connectivity index (χ3n) is 3.39. The molecule has 3 aromatic rings. The average molecular weight is 315 g/mol. The molecule has 0 aliphatic carbocycles. The molecule has 0 radical (unpaired) electrons. The van der Waals surface area contributed by atoms with Gasteiger partial charge in [-0.25, -0.2) is 0 Å². The summed E-state index contributed by atoms with van der Waals surface area (Å²) in [6.07, 6.45) is 2.33. The number of hydrogen-bond donors (Lipinski definition) is 0. The summed E-state index contributed by atoms with van der Waals surface area (Å²) in [4.78, 5) is 12.6. The van der Waals surface area contributed by atoms with Crippen molar-refractivity contribution >= 4 is 22.6 Å². The van der Waals surface area contributed by atoms with Gasteiger partial charge in [-0.2, -0.15) is 0 Å². The molecule has 0 atom stereocenters. The molecule has 0 amide bonds. The quantitative estimate of drug-likeness (QED) is 0.687. The summed E-state index contributed by atoms with van der Waals surface area (Å²) in [5.41, 5.74) is 1.60. The molecule has 0 fully saturated rings. The predicted molar refractivity (Wildman–Crippen MR) is 88.7 cm³/mol. The van der Waals surface area contributed by atoms with Gasteiger partial charge in [-0.05, 0) is 24.1 Å². The normalized spacial score (nSPS) is 10.8. The van der Waals surface area contributed by atoms with E-state index in [1.54, 1.807) is 12.1 Å². The van der Waals surface area contributed by atoms with Gasteiger partial charge in [0.2, 0.25) is 5.43 Å². The molecule has 3 rings (SSSR count). The van der Waals surface area contributed by atoms with E-state index in [-0.39, 0.29) is 5.43 Å². The van der Waals surface area contributed by atoms with Crippen LogP contribution in [-0.4, -0.2) is 6.61 Å². The Morgan fingerprint density at radius 2 is 1.91 bits per heavy atom. The second-order valence-electron chi connectivity index (χ2n) is 4.95. The molecule has 4 heteroatoms. The Kier molecular flexibility index (Phi) is 4.16. The Hall–Kier alpha value is -2.26. The van der Waals surface area contributed by atoms with E-state index >= 15 is 0 Å². The summed E-state index contributed by atoms with van der Waals surface area (Å²) in [7, 11) is 0. The molecular formula is C18H15ClO3. The molecule has 0 saturated carbocycles. The number of hydrogen-bond acceptors (Lipinski definition) is 3. The van der Waals surface area contributed by atoms with Gasteiger partial charge in [0.25, 0.3) is 0 Å². The fraction of sp³-hybridized carbons (Fsp3) is 0.167. The Labute approximate surface area is 133 Å². The zero-order valence-corrected chi connectivity index (χ0v) is 12.9. The smallest absolute Gasteiger partial charge is 0.200 e. The van der Waals surface area contributed by atoms with E-state index < -0.39 is 0 Å². The van der Waals surface area contributed by atoms with E-state index in [0.29, 0.717) is 33.9 Å². The molecule has 1 aromatic heterocycles. The first kappa shape index (κ1) is 14.7. The van der Waals surface area contributed by atoms with E-state index in [0.717, 1.165) is 12.0 Å². The van der Waals surface area contributed by atoms with E-state index in [1.165, 1.54) is 6.26 Å². The molecule has 0 bridgehead atoms. The van der Waals surface area contributed by atoms with E-state index in [2.05, 4.69) is 0 Å². The van der Waals surface area contributed by atoms with Gasteiger partial charge >= 0.3 is 0 Å². The maximum absolute atomic E-state index is 12.6. The SMILES string of the molecule is CCCOc1ccc2c(=O)c(-c3ccccc3)coc2c1Cl. The molecule has 112 valence electrons. The maximum atomic E-state index is 12.6. The maximum Gasteiger partial charge on any atom is 0.200 e. The van der Waals surface area contributed by atoms with Gasteiger partial charge in [-0.1, -0.05) is 48.9 Å². The summed E-state index contributed by atoms with van der Waals surface area (Å²) in [6.45, 7) is 2.58. The lowest BCUT2D eigenvalue weighted by molar-refractivity contribution is 0.317. The lowest BCUT2D eigenvalue weighted by Gasteiger charge is -2.09. The number of benzene rings is 2. The number of ether oxygens (including phenoxy) is 1. The first-order valence-corrected chi connectivity index (χ1v) is 7.52. The molecule has 2 aromatic carbocycles. The van der Waals surface area contributed by atoms with Crippen molar-refractivity contribution in [2.75, 3.05) is 6.61 Å². The molecule has 0 spiro atoms. The lowest BCUT2D eigenvalue weighted by Crippen LogP contribution is -2.05. The number of rotatable bonds is 4. The van der Waals surface area contributed by atoms with Gasteiger partial charge in [0, 0.05) is 0 Å². The molecule has 0 saturated heterocycles. The van der Waals surface area contributed by atoms with Crippen molar-refractivity contribution in [3.05, 3.63) is 64.0 Å². The summed E-state index contributed by atoms with van der Waals surface area (Å²) in [6, 6.07) is 12.8. The van der Waals surface area contributed by atoms with Gasteiger partial charge in [0.05, 0.1) is 17.6 Å². The first-order chi connectivity index (χ1) is 10.7. The van der Waals surface area contributed by atoms with Crippen LogP contribution in [0.4, 0.5) is 0 Å². The third kappa shape index (κ3) is 2.60. The zero-order valence-electron chi connectivity index (χ0n) is 12.1. The van der Waals surface area contributed by atoms with Crippen LogP contribution in [0.1, 0.15) is 13.3 Å². The van der Waals surface area contributed by atoms with Crippen molar-refractivity contribution in [3.63, 3.8) is 0 Å². The molecule has 3 nitrogen and oxygen atoms in total. The molecular weight excluding hydrogens is 300 g/mol. The highest BCUT2D eigenvalue weighted by atomic mass is 35.5. The molecule has 1 heterocycles. The van der Waals surface area contributed by atoms with Gasteiger partial charge in [-0.15, -0.1) is 0 Å². The van der Waals surface area contributed by atoms with Crippen molar-refractivity contribution in [1.82, 2.24) is 0 Å². The number of halogens is 1. The Morgan fingerprint density at radius 3 is 2.64 bits per heavy atom. The Balaban J connectivity index is 2.15. The second-order valence-corrected chi connectivity index (χ2v) is 5.33. The topological polar surface area (TPSA) is 39.4 Å². The van der Waals surface area contributed by atoms with Crippen LogP contribution in [0.3, 0.4) is 0 Å². The van der Waals surface area contributed by atoms with Crippen LogP contribution in [0.15, 0.2) is 57.9 Å². The fourth-order valence-corrected chi connectivity index (χ4v) is 2.55. The van der Waals surface area contributed by atoms with E-state index in [4.69, 9.17) is 20.8 Å². The monoisotopic (exact) mass is 314 g/mol.